The van der Waals surface area contributed by atoms with Gasteiger partial charge < -0.3 is 14.8 Å². The smallest absolute Gasteiger partial charge is 0.141 e. The van der Waals surface area contributed by atoms with Crippen LogP contribution >= 0.6 is 0 Å². The maximum atomic E-state index is 9.65. The number of para-hydroxylation sites is 2. The molecule has 2 aromatic carbocycles. The number of phenols is 2. The van der Waals surface area contributed by atoms with E-state index in [-0.39, 0.29) is 11.5 Å². The van der Waals surface area contributed by atoms with E-state index in [1.807, 2.05) is 24.3 Å². The monoisotopic (exact) mass is 268 g/mol. The van der Waals surface area contributed by atoms with Crippen LogP contribution in [0.15, 0.2) is 42.5 Å². The number of hydrogen-bond donors (Lipinski definition) is 2. The largest absolute Gasteiger partial charge is 0.508 e. The van der Waals surface area contributed by atoms with Crippen molar-refractivity contribution in [1.29, 1.82) is 0 Å². The third-order valence-electron chi connectivity index (χ3n) is 3.26. The topological polar surface area (TPSA) is 58.3 Å². The molecule has 0 saturated heterocycles. The normalized spacial score (nSPS) is 11.1. The summed E-state index contributed by atoms with van der Waals surface area (Å²) in [6.07, 6.45) is 0.984. The minimum atomic E-state index is 0.0371. The molecule has 0 unspecified atom stereocenters. The second kappa shape index (κ2) is 4.89. The van der Waals surface area contributed by atoms with Crippen molar-refractivity contribution < 1.29 is 10.2 Å². The molecule has 3 rings (SSSR count). The van der Waals surface area contributed by atoms with E-state index in [1.54, 1.807) is 12.1 Å². The molecule has 1 heterocycles. The summed E-state index contributed by atoms with van der Waals surface area (Å²) in [4.78, 5) is 4.62. The van der Waals surface area contributed by atoms with Gasteiger partial charge in [0.05, 0.1) is 11.0 Å². The van der Waals surface area contributed by atoms with Crippen LogP contribution in [0.25, 0.3) is 22.4 Å². The minimum Gasteiger partial charge on any atom is -0.508 e. The van der Waals surface area contributed by atoms with Crippen molar-refractivity contribution in [2.45, 2.75) is 19.9 Å². The first kappa shape index (κ1) is 12.5. The van der Waals surface area contributed by atoms with Gasteiger partial charge in [0.2, 0.25) is 0 Å². The van der Waals surface area contributed by atoms with Gasteiger partial charge >= 0.3 is 0 Å². The molecule has 20 heavy (non-hydrogen) atoms. The number of nitrogens with zero attached hydrogens (tertiary/aromatic N) is 2. The Labute approximate surface area is 116 Å². The summed E-state index contributed by atoms with van der Waals surface area (Å²) in [5.41, 5.74) is 2.69. The van der Waals surface area contributed by atoms with Crippen molar-refractivity contribution in [3.8, 4) is 22.9 Å². The van der Waals surface area contributed by atoms with Crippen LogP contribution in [-0.4, -0.2) is 19.8 Å². The van der Waals surface area contributed by atoms with Gasteiger partial charge in [0.1, 0.15) is 17.3 Å². The van der Waals surface area contributed by atoms with Gasteiger partial charge in [0, 0.05) is 18.2 Å². The van der Waals surface area contributed by atoms with Crippen molar-refractivity contribution in [1.82, 2.24) is 9.55 Å². The minimum absolute atomic E-state index is 0.0371. The van der Waals surface area contributed by atoms with Gasteiger partial charge in [-0.3, -0.25) is 0 Å². The fraction of sp³-hybridized carbons (Fsp3) is 0.188. The molecule has 0 atom stereocenters. The van der Waals surface area contributed by atoms with Gasteiger partial charge in [0.25, 0.3) is 0 Å². The summed E-state index contributed by atoms with van der Waals surface area (Å²) >= 11 is 0. The molecule has 0 aliphatic rings. The Balaban J connectivity index is 2.26. The summed E-state index contributed by atoms with van der Waals surface area (Å²) in [5.74, 6) is 0.837. The SMILES string of the molecule is CCCn1c(-c2cc(O)cc(O)c2)nc2ccccc21. The van der Waals surface area contributed by atoms with Crippen LogP contribution in [0, 0.1) is 0 Å². The molecule has 0 aliphatic heterocycles. The highest BCUT2D eigenvalue weighted by Gasteiger charge is 2.13. The van der Waals surface area contributed by atoms with Crippen LogP contribution in [0.1, 0.15) is 13.3 Å². The Morgan fingerprint density at radius 2 is 1.75 bits per heavy atom. The first-order valence-electron chi connectivity index (χ1n) is 6.67. The molecule has 0 radical (unpaired) electrons. The lowest BCUT2D eigenvalue weighted by molar-refractivity contribution is 0.451. The fourth-order valence-electron chi connectivity index (χ4n) is 2.47. The molecule has 0 aliphatic carbocycles. The van der Waals surface area contributed by atoms with Gasteiger partial charge in [-0.05, 0) is 30.7 Å². The lowest BCUT2D eigenvalue weighted by Gasteiger charge is -2.08. The van der Waals surface area contributed by atoms with Crippen molar-refractivity contribution >= 4 is 11.0 Å². The number of aryl methyl sites for hydroxylation is 1. The number of imidazole rings is 1. The highest BCUT2D eigenvalue weighted by atomic mass is 16.3. The molecule has 0 amide bonds. The molecular formula is C16H16N2O2. The van der Waals surface area contributed by atoms with Crippen LogP contribution in [0.2, 0.25) is 0 Å². The summed E-state index contributed by atoms with van der Waals surface area (Å²) in [5, 5.41) is 19.3. The average molecular weight is 268 g/mol. The van der Waals surface area contributed by atoms with Crippen molar-refractivity contribution in [3.63, 3.8) is 0 Å². The first-order valence-corrected chi connectivity index (χ1v) is 6.67. The van der Waals surface area contributed by atoms with E-state index in [2.05, 4.69) is 16.5 Å². The van der Waals surface area contributed by atoms with Crippen molar-refractivity contribution in [2.24, 2.45) is 0 Å². The molecule has 1 aromatic heterocycles. The number of phenolic OH excluding ortho intramolecular Hbond substituents is 2. The van der Waals surface area contributed by atoms with Crippen molar-refractivity contribution in [2.75, 3.05) is 0 Å². The van der Waals surface area contributed by atoms with Crippen LogP contribution in [0.5, 0.6) is 11.5 Å². The molecule has 4 heteroatoms. The third kappa shape index (κ3) is 2.09. The number of aromatic nitrogens is 2. The zero-order valence-electron chi connectivity index (χ0n) is 11.2. The molecule has 0 spiro atoms. The maximum Gasteiger partial charge on any atom is 0.141 e. The molecule has 0 bridgehead atoms. The van der Waals surface area contributed by atoms with E-state index in [4.69, 9.17) is 0 Å². The fourth-order valence-corrected chi connectivity index (χ4v) is 2.47. The van der Waals surface area contributed by atoms with E-state index >= 15 is 0 Å². The average Bonchev–Trinajstić information content (AvgIpc) is 2.77. The quantitative estimate of drug-likeness (QED) is 0.764. The summed E-state index contributed by atoms with van der Waals surface area (Å²) < 4.78 is 2.11. The number of aromatic hydroxyl groups is 2. The summed E-state index contributed by atoms with van der Waals surface area (Å²) in [6, 6.07) is 12.5. The predicted molar refractivity (Wildman–Crippen MR) is 78.8 cm³/mol. The standard InChI is InChI=1S/C16H16N2O2/c1-2-7-18-15-6-4-3-5-14(15)17-16(18)11-8-12(19)10-13(20)9-11/h3-6,8-10,19-20H,2,7H2,1H3. The highest BCUT2D eigenvalue weighted by Crippen LogP contribution is 2.30. The van der Waals surface area contributed by atoms with Crippen LogP contribution in [-0.2, 0) is 6.54 Å². The third-order valence-corrected chi connectivity index (χ3v) is 3.26. The van der Waals surface area contributed by atoms with E-state index in [0.29, 0.717) is 5.56 Å². The lowest BCUT2D eigenvalue weighted by Crippen LogP contribution is -1.99. The Kier molecular flexibility index (Phi) is 3.06. The lowest BCUT2D eigenvalue weighted by atomic mass is 10.2. The second-order valence-electron chi connectivity index (χ2n) is 4.81. The van der Waals surface area contributed by atoms with E-state index < -0.39 is 0 Å². The van der Waals surface area contributed by atoms with Gasteiger partial charge in [0.15, 0.2) is 0 Å². The van der Waals surface area contributed by atoms with E-state index in [0.717, 1.165) is 29.8 Å². The second-order valence-corrected chi connectivity index (χ2v) is 4.81. The van der Waals surface area contributed by atoms with E-state index in [9.17, 15) is 10.2 Å². The molecule has 2 N–H and O–H groups in total. The molecule has 0 saturated carbocycles. The number of rotatable bonds is 3. The van der Waals surface area contributed by atoms with Gasteiger partial charge in [-0.15, -0.1) is 0 Å². The maximum absolute atomic E-state index is 9.65. The van der Waals surface area contributed by atoms with E-state index in [1.165, 1.54) is 6.07 Å². The molecule has 3 aromatic rings. The Morgan fingerprint density at radius 3 is 2.45 bits per heavy atom. The zero-order chi connectivity index (χ0) is 14.1. The Hall–Kier alpha value is -2.49. The van der Waals surface area contributed by atoms with Gasteiger partial charge in [-0.25, -0.2) is 4.98 Å². The van der Waals surface area contributed by atoms with Crippen molar-refractivity contribution in [3.05, 3.63) is 42.5 Å². The Bertz CT molecular complexity index is 742. The Morgan fingerprint density at radius 1 is 1.05 bits per heavy atom. The molecule has 4 nitrogen and oxygen atoms in total. The number of fused-ring (bicyclic) bond motifs is 1. The number of benzene rings is 2. The number of hydrogen-bond acceptors (Lipinski definition) is 3. The predicted octanol–water partition coefficient (Wildman–Crippen LogP) is 3.52. The van der Waals surface area contributed by atoms with Crippen LogP contribution < -0.4 is 0 Å². The molecular weight excluding hydrogens is 252 g/mol. The summed E-state index contributed by atoms with van der Waals surface area (Å²) in [7, 11) is 0. The van der Waals surface area contributed by atoms with Gasteiger partial charge in [-0.2, -0.15) is 0 Å². The van der Waals surface area contributed by atoms with Crippen LogP contribution in [0.4, 0.5) is 0 Å². The highest BCUT2D eigenvalue weighted by molar-refractivity contribution is 5.81. The van der Waals surface area contributed by atoms with Crippen LogP contribution in [0.3, 0.4) is 0 Å². The summed E-state index contributed by atoms with van der Waals surface area (Å²) in [6.45, 7) is 2.95. The molecule has 0 fully saturated rings. The van der Waals surface area contributed by atoms with Gasteiger partial charge in [-0.1, -0.05) is 19.1 Å². The molecule has 102 valence electrons. The zero-order valence-corrected chi connectivity index (χ0v) is 11.2. The first-order chi connectivity index (χ1) is 9.69.